The van der Waals surface area contributed by atoms with Gasteiger partial charge in [0.25, 0.3) is 0 Å². The zero-order valence-corrected chi connectivity index (χ0v) is 23.5. The number of carbonyl (C=O) groups excluding carboxylic acids is 2. The van der Waals surface area contributed by atoms with E-state index in [4.69, 9.17) is 9.79 Å². The fraction of sp³-hybridized carbons (Fsp3) is 0.429. The van der Waals surface area contributed by atoms with Crippen LogP contribution in [0.5, 0.6) is 5.75 Å². The first kappa shape index (κ1) is 29.4. The number of amides is 2. The summed E-state index contributed by atoms with van der Waals surface area (Å²) < 4.78 is 15.6. The minimum absolute atomic E-state index is 0.0239. The number of phosphoric acid groups is 1. The summed E-state index contributed by atoms with van der Waals surface area (Å²) in [4.78, 5) is 48.7. The second-order valence-electron chi connectivity index (χ2n) is 10.8. The average molecular weight is 544 g/mol. The largest absolute Gasteiger partial charge is 0.524 e. The fourth-order valence-corrected chi connectivity index (χ4v) is 5.01. The third-order valence-electron chi connectivity index (χ3n) is 6.62. The molecule has 1 fully saturated rings. The number of likely N-dealkylation sites (tertiary alicyclic amines) is 1. The molecule has 3 rings (SSSR count). The van der Waals surface area contributed by atoms with Gasteiger partial charge in [0, 0.05) is 37.9 Å². The van der Waals surface area contributed by atoms with E-state index in [1.165, 1.54) is 18.2 Å². The molecule has 1 aliphatic rings. The van der Waals surface area contributed by atoms with Crippen LogP contribution < -0.4 is 14.7 Å². The molecule has 0 aliphatic carbocycles. The van der Waals surface area contributed by atoms with Crippen LogP contribution in [-0.2, 0) is 14.2 Å². The lowest BCUT2D eigenvalue weighted by Gasteiger charge is -2.37. The van der Waals surface area contributed by atoms with Crippen molar-refractivity contribution in [3.8, 4) is 5.75 Å². The van der Waals surface area contributed by atoms with Gasteiger partial charge in [-0.2, -0.15) is 0 Å². The maximum absolute atomic E-state index is 13.8. The van der Waals surface area contributed by atoms with Crippen LogP contribution in [0.25, 0.3) is 5.57 Å². The Hall–Kier alpha value is -3.13. The number of anilines is 1. The Morgan fingerprint density at radius 2 is 1.79 bits per heavy atom. The van der Waals surface area contributed by atoms with Gasteiger partial charge in [0.2, 0.25) is 11.8 Å². The quantitative estimate of drug-likeness (QED) is 0.320. The standard InChI is InChI=1S/C28H38N3O6P/c1-20(21-13-15-24(16-14-21)37-38(34,35)36)18-25(32)29-26(28(2,3)4)27(33)31-17-9-12-23(31)19-30(5)22-10-7-6-8-11-22/h6-8,10-11,13-16,18,23,26H,9,12,17,19H2,1-5H3,(H,29,32)(H2,34,35,36)/b20-18+/t23?,26-/m1/s1. The molecule has 2 atom stereocenters. The van der Waals surface area contributed by atoms with Crippen molar-refractivity contribution in [2.24, 2.45) is 5.41 Å². The lowest BCUT2D eigenvalue weighted by molar-refractivity contribution is -0.139. The summed E-state index contributed by atoms with van der Waals surface area (Å²) in [6, 6.07) is 15.5. The first-order chi connectivity index (χ1) is 17.7. The average Bonchev–Trinajstić information content (AvgIpc) is 3.29. The third-order valence-corrected chi connectivity index (χ3v) is 7.07. The van der Waals surface area contributed by atoms with E-state index in [0.29, 0.717) is 24.2 Å². The van der Waals surface area contributed by atoms with E-state index in [-0.39, 0.29) is 23.6 Å². The summed E-state index contributed by atoms with van der Waals surface area (Å²) in [5.74, 6) is -0.445. The van der Waals surface area contributed by atoms with Crippen molar-refractivity contribution >= 4 is 30.9 Å². The number of nitrogens with zero attached hydrogens (tertiary/aromatic N) is 2. The fourth-order valence-electron chi connectivity index (χ4n) is 4.61. The number of hydrogen-bond donors (Lipinski definition) is 3. The normalized spacial score (nSPS) is 17.2. The molecule has 2 aromatic rings. The van der Waals surface area contributed by atoms with Crippen LogP contribution in [0, 0.1) is 5.41 Å². The second kappa shape index (κ2) is 12.2. The molecule has 1 unspecified atom stereocenters. The van der Waals surface area contributed by atoms with E-state index < -0.39 is 19.3 Å². The molecule has 3 N–H and O–H groups in total. The monoisotopic (exact) mass is 543 g/mol. The Morgan fingerprint density at radius 1 is 1.16 bits per heavy atom. The van der Waals surface area contributed by atoms with Gasteiger partial charge in [-0.05, 0) is 60.6 Å². The number of para-hydroxylation sites is 1. The summed E-state index contributed by atoms with van der Waals surface area (Å²) in [5.41, 5.74) is 1.90. The molecule has 0 saturated carbocycles. The van der Waals surface area contributed by atoms with Crippen molar-refractivity contribution in [3.05, 3.63) is 66.2 Å². The molecule has 2 amide bonds. The highest BCUT2D eigenvalue weighted by Gasteiger charge is 2.39. The number of hydrogen-bond acceptors (Lipinski definition) is 5. The van der Waals surface area contributed by atoms with Crippen LogP contribution in [0.15, 0.2) is 60.7 Å². The van der Waals surface area contributed by atoms with Crippen LogP contribution >= 0.6 is 7.82 Å². The van der Waals surface area contributed by atoms with Gasteiger partial charge in [0.05, 0.1) is 0 Å². The predicted molar refractivity (Wildman–Crippen MR) is 149 cm³/mol. The number of phosphoric ester groups is 1. The zero-order valence-electron chi connectivity index (χ0n) is 22.6. The van der Waals surface area contributed by atoms with Gasteiger partial charge in [0.1, 0.15) is 11.8 Å². The van der Waals surface area contributed by atoms with Crippen LogP contribution in [0.4, 0.5) is 5.69 Å². The highest BCUT2D eigenvalue weighted by molar-refractivity contribution is 7.46. The molecule has 0 radical (unpaired) electrons. The zero-order chi connectivity index (χ0) is 28.1. The van der Waals surface area contributed by atoms with Gasteiger partial charge in [0.15, 0.2) is 0 Å². The number of likely N-dealkylation sites (N-methyl/N-ethyl adjacent to an activating group) is 1. The number of benzene rings is 2. The minimum atomic E-state index is -4.65. The lowest BCUT2D eigenvalue weighted by atomic mass is 9.85. The molecule has 1 saturated heterocycles. The second-order valence-corrected chi connectivity index (χ2v) is 11.9. The van der Waals surface area contributed by atoms with Crippen LogP contribution in [0.2, 0.25) is 0 Å². The smallest absolute Gasteiger partial charge is 0.404 e. The SMILES string of the molecule is C/C(=C\C(=O)N[C@H](C(=O)N1CCCC1CN(C)c1ccccc1)C(C)(C)C)c1ccc(OP(=O)(O)O)cc1. The van der Waals surface area contributed by atoms with Crippen molar-refractivity contribution in [1.82, 2.24) is 10.2 Å². The van der Waals surface area contributed by atoms with E-state index >= 15 is 0 Å². The summed E-state index contributed by atoms with van der Waals surface area (Å²) in [6.45, 7) is 8.93. The number of rotatable bonds is 9. The van der Waals surface area contributed by atoms with Crippen molar-refractivity contribution in [3.63, 3.8) is 0 Å². The Bertz CT molecular complexity index is 1190. The summed E-state index contributed by atoms with van der Waals surface area (Å²) >= 11 is 0. The molecule has 0 bridgehead atoms. The molecule has 9 nitrogen and oxygen atoms in total. The van der Waals surface area contributed by atoms with Gasteiger partial charge in [-0.15, -0.1) is 0 Å². The van der Waals surface area contributed by atoms with Gasteiger partial charge >= 0.3 is 7.82 Å². The van der Waals surface area contributed by atoms with Gasteiger partial charge in [-0.3, -0.25) is 19.4 Å². The molecule has 0 spiro atoms. The van der Waals surface area contributed by atoms with Crippen LogP contribution in [0.3, 0.4) is 0 Å². The molecular weight excluding hydrogens is 505 g/mol. The Balaban J connectivity index is 1.70. The topological polar surface area (TPSA) is 119 Å². The maximum Gasteiger partial charge on any atom is 0.524 e. The molecule has 1 aliphatic heterocycles. The van der Waals surface area contributed by atoms with E-state index in [1.807, 2.05) is 63.1 Å². The van der Waals surface area contributed by atoms with Crippen molar-refractivity contribution in [1.29, 1.82) is 0 Å². The van der Waals surface area contributed by atoms with Crippen LogP contribution in [0.1, 0.15) is 46.1 Å². The van der Waals surface area contributed by atoms with E-state index in [1.54, 1.807) is 19.1 Å². The molecular formula is C28H38N3O6P. The first-order valence-electron chi connectivity index (χ1n) is 12.7. The molecule has 2 aromatic carbocycles. The highest BCUT2D eigenvalue weighted by Crippen LogP contribution is 2.37. The summed E-state index contributed by atoms with van der Waals surface area (Å²) in [5, 5.41) is 2.93. The Labute approximate surface area is 224 Å². The Kier molecular flexibility index (Phi) is 9.41. The highest BCUT2D eigenvalue weighted by atomic mass is 31.2. The molecule has 10 heteroatoms. The van der Waals surface area contributed by atoms with E-state index in [2.05, 4.69) is 14.7 Å². The lowest BCUT2D eigenvalue weighted by Crippen LogP contribution is -2.56. The minimum Gasteiger partial charge on any atom is -0.404 e. The van der Waals surface area contributed by atoms with Gasteiger partial charge in [-0.1, -0.05) is 51.1 Å². The van der Waals surface area contributed by atoms with E-state index in [0.717, 1.165) is 18.5 Å². The molecule has 38 heavy (non-hydrogen) atoms. The van der Waals surface area contributed by atoms with E-state index in [9.17, 15) is 14.2 Å². The number of carbonyl (C=O) groups is 2. The molecule has 206 valence electrons. The van der Waals surface area contributed by atoms with Crippen molar-refractivity contribution in [2.75, 3.05) is 25.0 Å². The summed E-state index contributed by atoms with van der Waals surface area (Å²) in [7, 11) is -2.62. The van der Waals surface area contributed by atoms with Crippen molar-refractivity contribution < 1.29 is 28.5 Å². The molecule has 0 aromatic heterocycles. The number of nitrogens with one attached hydrogen (secondary N) is 1. The predicted octanol–water partition coefficient (Wildman–Crippen LogP) is 4.22. The molecule has 1 heterocycles. The van der Waals surface area contributed by atoms with Gasteiger partial charge in [-0.25, -0.2) is 4.57 Å². The number of allylic oxidation sites excluding steroid dienone is 1. The van der Waals surface area contributed by atoms with Gasteiger partial charge < -0.3 is 19.6 Å². The maximum atomic E-state index is 13.8. The first-order valence-corrected chi connectivity index (χ1v) is 14.2. The van der Waals surface area contributed by atoms with Crippen molar-refractivity contribution in [2.45, 2.75) is 52.6 Å². The third kappa shape index (κ3) is 8.18. The van der Waals surface area contributed by atoms with Crippen LogP contribution in [-0.4, -0.2) is 58.7 Å². The Morgan fingerprint density at radius 3 is 2.37 bits per heavy atom. The summed E-state index contributed by atoms with van der Waals surface area (Å²) in [6.07, 6.45) is 3.26.